The van der Waals surface area contributed by atoms with E-state index < -0.39 is 23.5 Å². The van der Waals surface area contributed by atoms with E-state index in [1.807, 2.05) is 0 Å². The molecule has 164 valence electrons. The van der Waals surface area contributed by atoms with Gasteiger partial charge in [-0.1, -0.05) is 17.9 Å². The van der Waals surface area contributed by atoms with Crippen LogP contribution in [-0.2, 0) is 9.59 Å². The van der Waals surface area contributed by atoms with Crippen molar-refractivity contribution in [1.82, 2.24) is 9.88 Å². The molecule has 0 bridgehead atoms. The number of methoxy groups -OCH3 is 1. The van der Waals surface area contributed by atoms with Crippen molar-refractivity contribution in [2.24, 2.45) is 0 Å². The predicted molar refractivity (Wildman–Crippen MR) is 115 cm³/mol. The first-order chi connectivity index (χ1) is 15.0. The largest absolute Gasteiger partial charge is 0.872 e. The number of Topliss-reactive ketones (excluding diaryl/α,β-unsaturated/α-hetero) is 1. The summed E-state index contributed by atoms with van der Waals surface area (Å²) < 4.78 is 5.23. The van der Waals surface area contributed by atoms with Crippen LogP contribution < -0.4 is 14.7 Å². The van der Waals surface area contributed by atoms with E-state index in [2.05, 4.69) is 18.8 Å². The zero-order chi connectivity index (χ0) is 22.4. The first-order valence-corrected chi connectivity index (χ1v) is 10.7. The van der Waals surface area contributed by atoms with Gasteiger partial charge < -0.3 is 19.6 Å². The lowest BCUT2D eigenvalue weighted by molar-refractivity contribution is -0.896. The molecule has 2 heterocycles. The Morgan fingerprint density at radius 2 is 1.74 bits per heavy atom. The number of aromatic nitrogens is 1. The first kappa shape index (κ1) is 22.5. The van der Waals surface area contributed by atoms with Crippen LogP contribution in [0.5, 0.6) is 5.75 Å². The van der Waals surface area contributed by atoms with Gasteiger partial charge in [0.15, 0.2) is 0 Å². The van der Waals surface area contributed by atoms with Crippen molar-refractivity contribution in [3.05, 3.63) is 65.5 Å². The van der Waals surface area contributed by atoms with Crippen molar-refractivity contribution >= 4 is 17.4 Å². The lowest BCUT2D eigenvalue weighted by Gasteiger charge is -2.28. The number of carbonyl (C=O) groups excluding carboxylic acids is 2. The minimum atomic E-state index is -0.724. The fraction of sp³-hybridized carbons (Fsp3) is 0.375. The average molecular weight is 424 g/mol. The summed E-state index contributed by atoms with van der Waals surface area (Å²) in [6.07, 6.45) is 3.75. The molecule has 0 aliphatic carbocycles. The summed E-state index contributed by atoms with van der Waals surface area (Å²) in [5.74, 6) is -1.11. The van der Waals surface area contributed by atoms with Gasteiger partial charge in [-0.15, -0.1) is 0 Å². The molecular weight excluding hydrogens is 394 g/mol. The van der Waals surface area contributed by atoms with Crippen molar-refractivity contribution in [1.29, 1.82) is 0 Å². The van der Waals surface area contributed by atoms with Crippen molar-refractivity contribution in [2.75, 3.05) is 33.3 Å². The molecule has 1 saturated heterocycles. The van der Waals surface area contributed by atoms with Gasteiger partial charge in [0.05, 0.1) is 32.8 Å². The summed E-state index contributed by atoms with van der Waals surface area (Å²) in [7, 11) is 1.57. The molecule has 7 nitrogen and oxygen atoms in total. The number of hydrogen-bond acceptors (Lipinski definition) is 5. The van der Waals surface area contributed by atoms with Crippen LogP contribution in [0.4, 0.5) is 0 Å². The Morgan fingerprint density at radius 1 is 1.10 bits per heavy atom. The number of benzene rings is 1. The minimum absolute atomic E-state index is 0.00319. The molecule has 3 rings (SSSR count). The van der Waals surface area contributed by atoms with Gasteiger partial charge in [-0.25, -0.2) is 0 Å². The smallest absolute Gasteiger partial charge is 0.295 e. The van der Waals surface area contributed by atoms with E-state index in [-0.39, 0.29) is 5.57 Å². The Labute approximate surface area is 183 Å². The Morgan fingerprint density at radius 3 is 2.32 bits per heavy atom. The molecule has 1 aromatic heterocycles. The van der Waals surface area contributed by atoms with E-state index in [4.69, 9.17) is 4.74 Å². The van der Waals surface area contributed by atoms with E-state index >= 15 is 0 Å². The molecule has 1 amide bonds. The highest BCUT2D eigenvalue weighted by Crippen LogP contribution is 2.39. The number of carbonyl (C=O) groups is 2. The number of hydrogen-bond donors (Lipinski definition) is 1. The minimum Gasteiger partial charge on any atom is -0.872 e. The van der Waals surface area contributed by atoms with Gasteiger partial charge in [0, 0.05) is 30.9 Å². The van der Waals surface area contributed by atoms with Crippen LogP contribution in [0.25, 0.3) is 5.76 Å². The topological polar surface area (TPSA) is 87.0 Å². The quantitative estimate of drug-likeness (QED) is 0.363. The summed E-state index contributed by atoms with van der Waals surface area (Å²) in [5, 5.41) is 13.2. The van der Waals surface area contributed by atoms with Gasteiger partial charge in [-0.2, -0.15) is 0 Å². The second-order valence-electron chi connectivity index (χ2n) is 7.54. The second kappa shape index (κ2) is 10.2. The molecule has 1 unspecified atom stereocenters. The van der Waals surface area contributed by atoms with Crippen LogP contribution >= 0.6 is 0 Å². The molecule has 7 heteroatoms. The van der Waals surface area contributed by atoms with Gasteiger partial charge in [0.2, 0.25) is 5.78 Å². The molecule has 2 aromatic rings. The molecule has 1 N–H and O–H groups in total. The van der Waals surface area contributed by atoms with Gasteiger partial charge >= 0.3 is 0 Å². The number of rotatable bonds is 9. The maximum atomic E-state index is 13.2. The Kier molecular flexibility index (Phi) is 7.41. The highest BCUT2D eigenvalue weighted by molar-refractivity contribution is 6.46. The molecule has 1 aromatic carbocycles. The molecule has 0 saturated carbocycles. The third kappa shape index (κ3) is 4.77. The molecule has 1 aliphatic rings. The number of quaternary nitrogens is 1. The van der Waals surface area contributed by atoms with Gasteiger partial charge in [0.1, 0.15) is 5.75 Å². The normalized spacial score (nSPS) is 18.1. The summed E-state index contributed by atoms with van der Waals surface area (Å²) in [6.45, 7) is 7.57. The lowest BCUT2D eigenvalue weighted by Crippen LogP contribution is -3.11. The van der Waals surface area contributed by atoms with E-state index in [0.29, 0.717) is 23.4 Å². The van der Waals surface area contributed by atoms with E-state index in [1.54, 1.807) is 48.4 Å². The maximum absolute atomic E-state index is 13.2. The lowest BCUT2D eigenvalue weighted by atomic mass is 9.95. The third-order valence-electron chi connectivity index (χ3n) is 5.83. The highest BCUT2D eigenvalue weighted by Gasteiger charge is 2.43. The van der Waals surface area contributed by atoms with Gasteiger partial charge in [0.25, 0.3) is 5.91 Å². The van der Waals surface area contributed by atoms with Crippen molar-refractivity contribution in [3.8, 4) is 5.75 Å². The van der Waals surface area contributed by atoms with Gasteiger partial charge in [-0.3, -0.25) is 14.6 Å². The zero-order valence-corrected chi connectivity index (χ0v) is 18.3. The van der Waals surface area contributed by atoms with E-state index in [9.17, 15) is 14.7 Å². The van der Waals surface area contributed by atoms with Crippen LogP contribution in [0, 0.1) is 0 Å². The molecule has 1 aliphatic heterocycles. The second-order valence-corrected chi connectivity index (χ2v) is 7.54. The Hall–Kier alpha value is -3.19. The van der Waals surface area contributed by atoms with Crippen LogP contribution in [0.1, 0.15) is 37.4 Å². The molecule has 0 spiro atoms. The van der Waals surface area contributed by atoms with E-state index in [0.717, 1.165) is 26.1 Å². The highest BCUT2D eigenvalue weighted by atomic mass is 16.5. The van der Waals surface area contributed by atoms with Crippen molar-refractivity contribution in [2.45, 2.75) is 26.3 Å². The molecule has 1 fully saturated rings. The molecular formula is C24H29N3O4. The summed E-state index contributed by atoms with van der Waals surface area (Å²) in [5.41, 5.74) is 1.06. The fourth-order valence-electron chi connectivity index (χ4n) is 4.00. The summed E-state index contributed by atoms with van der Waals surface area (Å²) in [4.78, 5) is 32.8. The Balaban J connectivity index is 2.00. The number of amides is 1. The van der Waals surface area contributed by atoms with Crippen LogP contribution in [0.3, 0.4) is 0 Å². The summed E-state index contributed by atoms with van der Waals surface area (Å²) >= 11 is 0. The maximum Gasteiger partial charge on any atom is 0.295 e. The molecule has 0 radical (unpaired) electrons. The van der Waals surface area contributed by atoms with Crippen LogP contribution in [0.15, 0.2) is 54.4 Å². The SMILES string of the molecule is CC[NH+](CC)CCCN1C(=O)C(=O)C(=C([O-])c2ccncc2)C1c1ccc(OC)cc1. The number of nitrogens with zero attached hydrogens (tertiary/aromatic N) is 2. The molecule has 31 heavy (non-hydrogen) atoms. The summed E-state index contributed by atoms with van der Waals surface area (Å²) in [6, 6.07) is 9.56. The van der Waals surface area contributed by atoms with E-state index in [1.165, 1.54) is 17.3 Å². The standard InChI is InChI=1S/C24H29N3O4/c1-4-26(5-2)15-6-16-27-21(17-7-9-19(31-3)10-8-17)20(23(29)24(27)30)22(28)18-11-13-25-14-12-18/h7-14,21,28H,4-6,15-16H2,1-3H3. The number of ketones is 1. The fourth-order valence-corrected chi connectivity index (χ4v) is 4.00. The van der Waals surface area contributed by atoms with Gasteiger partial charge in [-0.05, 0) is 49.2 Å². The first-order valence-electron chi connectivity index (χ1n) is 10.7. The van der Waals surface area contributed by atoms with Crippen LogP contribution in [0.2, 0.25) is 0 Å². The Bertz CT molecular complexity index is 937. The zero-order valence-electron chi connectivity index (χ0n) is 18.3. The number of nitrogens with one attached hydrogen (secondary N) is 1. The third-order valence-corrected chi connectivity index (χ3v) is 5.83. The number of ether oxygens (including phenoxy) is 1. The van der Waals surface area contributed by atoms with Crippen LogP contribution in [-0.4, -0.2) is 54.9 Å². The monoisotopic (exact) mass is 423 g/mol. The number of likely N-dealkylation sites (tertiary alicyclic amines) is 1. The van der Waals surface area contributed by atoms with Crippen molar-refractivity contribution < 1.29 is 24.3 Å². The number of pyridine rings is 1. The molecule has 1 atom stereocenters. The predicted octanol–water partition coefficient (Wildman–Crippen LogP) is 0.629. The van der Waals surface area contributed by atoms with Crippen molar-refractivity contribution in [3.63, 3.8) is 0 Å². The average Bonchev–Trinajstić information content (AvgIpc) is 3.07.